The van der Waals surface area contributed by atoms with Gasteiger partial charge in [0.25, 0.3) is 10.1 Å². The van der Waals surface area contributed by atoms with Gasteiger partial charge in [-0.3, -0.25) is 19.2 Å². The van der Waals surface area contributed by atoms with Crippen molar-refractivity contribution in [1.82, 2.24) is 20.1 Å². The van der Waals surface area contributed by atoms with Crippen LogP contribution < -0.4 is 10.1 Å². The van der Waals surface area contributed by atoms with Crippen LogP contribution in [-0.2, 0) is 25.1 Å². The minimum atomic E-state index is -4.02. The predicted octanol–water partition coefficient (Wildman–Crippen LogP) is 5.23. The van der Waals surface area contributed by atoms with Crippen molar-refractivity contribution in [2.24, 2.45) is 0 Å². The molecular formula is C32H34F3N5O6S. The lowest BCUT2D eigenvalue weighted by atomic mass is 9.67. The van der Waals surface area contributed by atoms with E-state index in [1.54, 1.807) is 48.5 Å². The second-order valence-electron chi connectivity index (χ2n) is 11.7. The van der Waals surface area contributed by atoms with E-state index in [0.717, 1.165) is 5.56 Å². The molecule has 0 spiro atoms. The number of halogens is 3. The van der Waals surface area contributed by atoms with Crippen LogP contribution in [0, 0.1) is 6.92 Å². The third kappa shape index (κ3) is 7.57. The van der Waals surface area contributed by atoms with E-state index in [4.69, 9.17) is 9.29 Å². The van der Waals surface area contributed by atoms with Crippen LogP contribution in [0.4, 0.5) is 19.0 Å². The summed E-state index contributed by atoms with van der Waals surface area (Å²) in [6, 6.07) is 14.9. The van der Waals surface area contributed by atoms with E-state index >= 15 is 0 Å². The average molecular weight is 674 g/mol. The van der Waals surface area contributed by atoms with Crippen molar-refractivity contribution in [2.75, 3.05) is 19.0 Å². The zero-order chi connectivity index (χ0) is 34.0. The summed E-state index contributed by atoms with van der Waals surface area (Å²) in [6.07, 6.45) is -1.23. The highest BCUT2D eigenvalue weighted by Gasteiger charge is 2.53. The van der Waals surface area contributed by atoms with Gasteiger partial charge in [0.1, 0.15) is 29.3 Å². The molecule has 4 aromatic rings. The van der Waals surface area contributed by atoms with Crippen molar-refractivity contribution in [1.29, 1.82) is 0 Å². The lowest BCUT2D eigenvalue weighted by Gasteiger charge is -2.42. The van der Waals surface area contributed by atoms with Gasteiger partial charge in [0.15, 0.2) is 0 Å². The fourth-order valence-corrected chi connectivity index (χ4v) is 6.41. The third-order valence-electron chi connectivity index (χ3n) is 8.57. The number of carbonyl (C=O) groups excluding carboxylic acids is 2. The average Bonchev–Trinajstić information content (AvgIpc) is 3.67. The number of aromatic nitrogens is 3. The SMILES string of the molecule is COc1ccc(C2(C(=O)N3C[C@H](F)C[C@@H]3C(=O)Nc3ccc4[nH]ncc4n3)CCC(F)(F)CC2)cc1.Cc1ccc(S(=O)(=O)O)cc1. The number of benzene rings is 2. The minimum absolute atomic E-state index is 0.0666. The molecule has 6 rings (SSSR count). The molecule has 3 N–H and O–H groups in total. The van der Waals surface area contributed by atoms with E-state index in [2.05, 4.69) is 20.5 Å². The molecular weight excluding hydrogens is 639 g/mol. The number of aromatic amines is 1. The van der Waals surface area contributed by atoms with E-state index in [0.29, 0.717) is 22.3 Å². The summed E-state index contributed by atoms with van der Waals surface area (Å²) < 4.78 is 77.6. The number of alkyl halides is 3. The first-order valence-corrected chi connectivity index (χ1v) is 16.3. The van der Waals surface area contributed by atoms with Crippen molar-refractivity contribution in [3.05, 3.63) is 78.0 Å². The summed E-state index contributed by atoms with van der Waals surface area (Å²) in [4.78, 5) is 32.7. The van der Waals surface area contributed by atoms with Crippen LogP contribution in [0.3, 0.4) is 0 Å². The minimum Gasteiger partial charge on any atom is -0.497 e. The standard InChI is InChI=1S/C25H26F3N5O3.C7H8O3S/c1-36-17-4-2-15(3-5-17)24(8-10-25(27,28)11-9-24)23(35)33-14-16(26)12-20(33)22(34)31-21-7-6-18-19(30-21)13-29-32-18;1-6-2-4-7(5-3-6)11(8,9)10/h2-7,13,16,20H,8-12,14H2,1H3,(H,29,32)(H,30,31,34);2-5H,1H3,(H,8,9,10)/t16-,20-;/m1./s1. The molecule has 2 aromatic carbocycles. The number of likely N-dealkylation sites (tertiary alicyclic amines) is 1. The Morgan fingerprint density at radius 1 is 1.02 bits per heavy atom. The Morgan fingerprint density at radius 2 is 1.68 bits per heavy atom. The summed E-state index contributed by atoms with van der Waals surface area (Å²) in [5.41, 5.74) is 1.45. The molecule has 1 aliphatic carbocycles. The molecule has 2 atom stereocenters. The van der Waals surface area contributed by atoms with Crippen molar-refractivity contribution in [3.63, 3.8) is 0 Å². The van der Waals surface area contributed by atoms with Gasteiger partial charge in [0, 0.05) is 19.3 Å². The molecule has 250 valence electrons. The number of carbonyl (C=O) groups is 2. The number of nitrogens with zero attached hydrogens (tertiary/aromatic N) is 3. The van der Waals surface area contributed by atoms with Gasteiger partial charge in [-0.25, -0.2) is 18.2 Å². The topological polar surface area (TPSA) is 155 Å². The number of amides is 2. The van der Waals surface area contributed by atoms with Crippen LogP contribution in [0.5, 0.6) is 5.75 Å². The molecule has 1 saturated carbocycles. The molecule has 47 heavy (non-hydrogen) atoms. The Kier molecular flexibility index (Phi) is 9.59. The molecule has 1 aliphatic heterocycles. The summed E-state index contributed by atoms with van der Waals surface area (Å²) in [6.45, 7) is 1.56. The maximum atomic E-state index is 14.6. The molecule has 2 amide bonds. The Morgan fingerprint density at radius 3 is 2.30 bits per heavy atom. The summed E-state index contributed by atoms with van der Waals surface area (Å²) in [7, 11) is -2.51. The highest BCUT2D eigenvalue weighted by atomic mass is 32.2. The predicted molar refractivity (Wildman–Crippen MR) is 167 cm³/mol. The number of ether oxygens (including phenoxy) is 1. The van der Waals surface area contributed by atoms with Crippen molar-refractivity contribution < 1.29 is 40.5 Å². The Bertz CT molecular complexity index is 1840. The molecule has 0 radical (unpaired) electrons. The molecule has 0 unspecified atom stereocenters. The number of rotatable bonds is 6. The van der Waals surface area contributed by atoms with Crippen LogP contribution >= 0.6 is 0 Å². The number of anilines is 1. The van der Waals surface area contributed by atoms with Gasteiger partial charge >= 0.3 is 0 Å². The number of methoxy groups -OCH3 is 1. The number of nitrogens with one attached hydrogen (secondary N) is 2. The monoisotopic (exact) mass is 673 g/mol. The number of hydrogen-bond acceptors (Lipinski definition) is 7. The number of fused-ring (bicyclic) bond motifs is 1. The fourth-order valence-electron chi connectivity index (χ4n) is 5.93. The second-order valence-corrected chi connectivity index (χ2v) is 13.2. The summed E-state index contributed by atoms with van der Waals surface area (Å²) in [5.74, 6) is -3.16. The Balaban J connectivity index is 0.000000335. The van der Waals surface area contributed by atoms with Crippen LogP contribution in [0.15, 0.2) is 71.8 Å². The summed E-state index contributed by atoms with van der Waals surface area (Å²) >= 11 is 0. The Hall–Kier alpha value is -4.50. The maximum Gasteiger partial charge on any atom is 0.294 e. The van der Waals surface area contributed by atoms with E-state index in [-0.39, 0.29) is 36.5 Å². The second kappa shape index (κ2) is 13.3. The molecule has 2 aliphatic rings. The summed E-state index contributed by atoms with van der Waals surface area (Å²) in [5, 5.41) is 9.32. The molecule has 1 saturated heterocycles. The first-order chi connectivity index (χ1) is 22.2. The van der Waals surface area contributed by atoms with Crippen LogP contribution in [0.25, 0.3) is 11.0 Å². The molecule has 0 bridgehead atoms. The third-order valence-corrected chi connectivity index (χ3v) is 9.44. The first-order valence-electron chi connectivity index (χ1n) is 14.8. The van der Waals surface area contributed by atoms with E-state index < -0.39 is 58.3 Å². The van der Waals surface area contributed by atoms with Gasteiger partial charge in [0.2, 0.25) is 17.7 Å². The number of H-pyrrole nitrogens is 1. The van der Waals surface area contributed by atoms with E-state index in [9.17, 15) is 31.2 Å². The lowest BCUT2D eigenvalue weighted by molar-refractivity contribution is -0.146. The van der Waals surface area contributed by atoms with E-state index in [1.165, 1.54) is 30.3 Å². The van der Waals surface area contributed by atoms with Crippen LogP contribution in [-0.4, -0.2) is 76.7 Å². The van der Waals surface area contributed by atoms with Crippen molar-refractivity contribution in [2.45, 2.75) is 67.5 Å². The van der Waals surface area contributed by atoms with Gasteiger partial charge in [-0.1, -0.05) is 29.8 Å². The van der Waals surface area contributed by atoms with Gasteiger partial charge in [-0.15, -0.1) is 0 Å². The Labute approximate surface area is 269 Å². The smallest absolute Gasteiger partial charge is 0.294 e. The van der Waals surface area contributed by atoms with Crippen molar-refractivity contribution in [3.8, 4) is 5.75 Å². The van der Waals surface area contributed by atoms with Crippen LogP contribution in [0.2, 0.25) is 0 Å². The number of hydrogen-bond donors (Lipinski definition) is 3. The van der Waals surface area contributed by atoms with E-state index in [1.807, 2.05) is 6.92 Å². The number of aryl methyl sites for hydroxylation is 1. The highest BCUT2D eigenvalue weighted by Crippen LogP contribution is 2.47. The van der Waals surface area contributed by atoms with Gasteiger partial charge in [0.05, 0.1) is 35.7 Å². The highest BCUT2D eigenvalue weighted by molar-refractivity contribution is 7.85. The molecule has 3 heterocycles. The first kappa shape index (κ1) is 33.9. The van der Waals surface area contributed by atoms with Crippen molar-refractivity contribution >= 4 is 38.8 Å². The number of pyridine rings is 1. The molecule has 2 aromatic heterocycles. The van der Waals surface area contributed by atoms with Crippen LogP contribution in [0.1, 0.15) is 43.2 Å². The maximum absolute atomic E-state index is 14.6. The van der Waals surface area contributed by atoms with Gasteiger partial charge in [-0.2, -0.15) is 13.5 Å². The largest absolute Gasteiger partial charge is 0.497 e. The normalized spacial score (nSPS) is 20.3. The zero-order valence-corrected chi connectivity index (χ0v) is 26.4. The molecule has 15 heteroatoms. The lowest BCUT2D eigenvalue weighted by Crippen LogP contribution is -2.54. The molecule has 2 fully saturated rings. The zero-order valence-electron chi connectivity index (χ0n) is 25.6. The molecule has 11 nitrogen and oxygen atoms in total. The quantitative estimate of drug-likeness (QED) is 0.235. The van der Waals surface area contributed by atoms with Gasteiger partial charge in [-0.05, 0) is 61.7 Å². The fraction of sp³-hybridized carbons (Fsp3) is 0.375. The van der Waals surface area contributed by atoms with Gasteiger partial charge < -0.3 is 15.0 Å².